The van der Waals surface area contributed by atoms with Gasteiger partial charge in [0.15, 0.2) is 0 Å². The fraction of sp³-hybridized carbons (Fsp3) is 0.800. The second kappa shape index (κ2) is 3.40. The molecule has 0 aromatic rings. The Morgan fingerprint density at radius 1 is 1.36 bits per heavy atom. The molecule has 0 saturated heterocycles. The predicted molar refractivity (Wildman–Crippen MR) is 51.8 cm³/mol. The van der Waals surface area contributed by atoms with Crippen LogP contribution in [0.2, 0.25) is 0 Å². The van der Waals surface area contributed by atoms with E-state index < -0.39 is 0 Å². The highest BCUT2D eigenvalue weighted by Gasteiger charge is 2.21. The summed E-state index contributed by atoms with van der Waals surface area (Å²) in [6, 6.07) is 0.468. The molecule has 0 rings (SSSR count). The molecule has 66 valence electrons. The topological polar surface area (TPSA) is 3.24 Å². The average Bonchev–Trinajstić information content (AvgIpc) is 1.82. The van der Waals surface area contributed by atoms with E-state index in [9.17, 15) is 0 Å². The molecule has 0 aliphatic rings. The van der Waals surface area contributed by atoms with Crippen LogP contribution >= 0.6 is 0 Å². The lowest BCUT2D eigenvalue weighted by atomic mass is 10.0. The third kappa shape index (κ3) is 3.06. The molecule has 0 saturated carbocycles. The van der Waals surface area contributed by atoms with Gasteiger partial charge in [0, 0.05) is 11.6 Å². The smallest absolute Gasteiger partial charge is 0.0276 e. The van der Waals surface area contributed by atoms with Crippen molar-refractivity contribution in [2.75, 3.05) is 7.05 Å². The molecule has 0 aromatic heterocycles. The quantitative estimate of drug-likeness (QED) is 0.554. The molecule has 0 N–H and O–H groups in total. The highest BCUT2D eigenvalue weighted by atomic mass is 15.2. The molecule has 0 aliphatic carbocycles. The largest absolute Gasteiger partial charge is 0.295 e. The summed E-state index contributed by atoms with van der Waals surface area (Å²) < 4.78 is 0. The molecule has 0 fully saturated rings. The van der Waals surface area contributed by atoms with Gasteiger partial charge in [-0.15, -0.1) is 0 Å². The minimum Gasteiger partial charge on any atom is -0.295 e. The van der Waals surface area contributed by atoms with Crippen molar-refractivity contribution in [3.8, 4) is 0 Å². The second-order valence-electron chi connectivity index (χ2n) is 4.30. The standard InChI is InChI=1S/C10H21N/c1-8(2)9(3)11(7)10(4,5)6/h9H,1H2,2-7H3. The monoisotopic (exact) mass is 155 g/mol. The average molecular weight is 155 g/mol. The highest BCUT2D eigenvalue weighted by Crippen LogP contribution is 2.17. The summed E-state index contributed by atoms with van der Waals surface area (Å²) in [4.78, 5) is 2.33. The van der Waals surface area contributed by atoms with Crippen LogP contribution in [0.4, 0.5) is 0 Å². The maximum Gasteiger partial charge on any atom is 0.0276 e. The highest BCUT2D eigenvalue weighted by molar-refractivity contribution is 5.01. The summed E-state index contributed by atoms with van der Waals surface area (Å²) in [5.74, 6) is 0. The number of likely N-dealkylation sites (N-methyl/N-ethyl adjacent to an activating group) is 1. The van der Waals surface area contributed by atoms with Crippen molar-refractivity contribution >= 4 is 0 Å². The van der Waals surface area contributed by atoms with Crippen LogP contribution in [0.25, 0.3) is 0 Å². The molecule has 1 atom stereocenters. The molecule has 0 radical (unpaired) electrons. The third-order valence-corrected chi connectivity index (χ3v) is 2.35. The van der Waals surface area contributed by atoms with Crippen molar-refractivity contribution in [2.24, 2.45) is 0 Å². The lowest BCUT2D eigenvalue weighted by Gasteiger charge is -2.37. The van der Waals surface area contributed by atoms with Gasteiger partial charge in [0.1, 0.15) is 0 Å². The minimum atomic E-state index is 0.234. The number of hydrogen-bond acceptors (Lipinski definition) is 1. The Balaban J connectivity index is 4.25. The van der Waals surface area contributed by atoms with E-state index in [0.29, 0.717) is 6.04 Å². The van der Waals surface area contributed by atoms with E-state index in [0.717, 1.165) is 0 Å². The normalized spacial score (nSPS) is 15.2. The third-order valence-electron chi connectivity index (χ3n) is 2.35. The Kier molecular flexibility index (Phi) is 3.30. The summed E-state index contributed by atoms with van der Waals surface area (Å²) in [6.07, 6.45) is 0. The van der Waals surface area contributed by atoms with Gasteiger partial charge < -0.3 is 0 Å². The lowest BCUT2D eigenvalue weighted by Crippen LogP contribution is -2.44. The molecule has 0 aliphatic heterocycles. The zero-order chi connectivity index (χ0) is 9.23. The molecule has 1 heteroatoms. The van der Waals surface area contributed by atoms with Crippen LogP contribution in [0.3, 0.4) is 0 Å². The van der Waals surface area contributed by atoms with Gasteiger partial charge in [-0.1, -0.05) is 12.2 Å². The molecule has 0 heterocycles. The first-order valence-corrected chi connectivity index (χ1v) is 4.15. The van der Waals surface area contributed by atoms with Crippen LogP contribution in [0.15, 0.2) is 12.2 Å². The van der Waals surface area contributed by atoms with Crippen molar-refractivity contribution in [1.82, 2.24) is 4.90 Å². The Morgan fingerprint density at radius 2 is 1.73 bits per heavy atom. The SMILES string of the molecule is C=C(C)C(C)N(C)C(C)(C)C. The fourth-order valence-electron chi connectivity index (χ4n) is 0.912. The van der Waals surface area contributed by atoms with E-state index in [1.54, 1.807) is 0 Å². The first kappa shape index (κ1) is 10.7. The van der Waals surface area contributed by atoms with Crippen LogP contribution in [0.5, 0.6) is 0 Å². The first-order valence-electron chi connectivity index (χ1n) is 4.15. The molecule has 1 nitrogen and oxygen atoms in total. The Morgan fingerprint density at radius 3 is 1.82 bits per heavy atom. The van der Waals surface area contributed by atoms with Crippen molar-refractivity contribution in [3.05, 3.63) is 12.2 Å². The van der Waals surface area contributed by atoms with Crippen LogP contribution < -0.4 is 0 Å². The summed E-state index contributed by atoms with van der Waals surface area (Å²) in [5, 5.41) is 0. The van der Waals surface area contributed by atoms with E-state index in [1.165, 1.54) is 5.57 Å². The lowest BCUT2D eigenvalue weighted by molar-refractivity contribution is 0.144. The molecular weight excluding hydrogens is 134 g/mol. The zero-order valence-corrected chi connectivity index (χ0v) is 8.73. The summed E-state index contributed by atoms with van der Waals surface area (Å²) >= 11 is 0. The van der Waals surface area contributed by atoms with Gasteiger partial charge in [0.05, 0.1) is 0 Å². The van der Waals surface area contributed by atoms with Crippen LogP contribution in [-0.4, -0.2) is 23.5 Å². The molecule has 0 amide bonds. The molecule has 1 unspecified atom stereocenters. The summed E-state index contributed by atoms with van der Waals surface area (Å²) in [6.45, 7) is 14.9. The van der Waals surface area contributed by atoms with Gasteiger partial charge in [-0.2, -0.15) is 0 Å². The maximum absolute atomic E-state index is 3.95. The van der Waals surface area contributed by atoms with Crippen molar-refractivity contribution in [1.29, 1.82) is 0 Å². The van der Waals surface area contributed by atoms with Gasteiger partial charge in [-0.05, 0) is 41.7 Å². The molecule has 0 aromatic carbocycles. The Labute approximate surface area is 71.1 Å². The molecular formula is C10H21N. The Hall–Kier alpha value is -0.300. The van der Waals surface area contributed by atoms with E-state index in [1.807, 2.05) is 0 Å². The predicted octanol–water partition coefficient (Wildman–Crippen LogP) is 2.68. The van der Waals surface area contributed by atoms with Crippen LogP contribution in [0.1, 0.15) is 34.6 Å². The van der Waals surface area contributed by atoms with E-state index >= 15 is 0 Å². The van der Waals surface area contributed by atoms with Gasteiger partial charge in [-0.25, -0.2) is 0 Å². The van der Waals surface area contributed by atoms with Gasteiger partial charge in [-0.3, -0.25) is 4.90 Å². The zero-order valence-electron chi connectivity index (χ0n) is 8.73. The molecule has 0 bridgehead atoms. The molecule has 0 spiro atoms. The number of rotatable bonds is 2. The van der Waals surface area contributed by atoms with Crippen LogP contribution in [-0.2, 0) is 0 Å². The van der Waals surface area contributed by atoms with E-state index in [2.05, 4.69) is 53.1 Å². The number of hydrogen-bond donors (Lipinski definition) is 0. The fourth-order valence-corrected chi connectivity index (χ4v) is 0.912. The van der Waals surface area contributed by atoms with Gasteiger partial charge >= 0.3 is 0 Å². The minimum absolute atomic E-state index is 0.234. The van der Waals surface area contributed by atoms with Crippen LogP contribution in [0, 0.1) is 0 Å². The van der Waals surface area contributed by atoms with Gasteiger partial charge in [0.25, 0.3) is 0 Å². The summed E-state index contributed by atoms with van der Waals surface area (Å²) in [7, 11) is 2.14. The van der Waals surface area contributed by atoms with Crippen molar-refractivity contribution in [2.45, 2.75) is 46.2 Å². The Bertz CT molecular complexity index is 141. The first-order chi connectivity index (χ1) is 4.76. The van der Waals surface area contributed by atoms with Crippen molar-refractivity contribution in [3.63, 3.8) is 0 Å². The molecule has 11 heavy (non-hydrogen) atoms. The van der Waals surface area contributed by atoms with Crippen molar-refractivity contribution < 1.29 is 0 Å². The second-order valence-corrected chi connectivity index (χ2v) is 4.30. The van der Waals surface area contributed by atoms with Gasteiger partial charge in [0.2, 0.25) is 0 Å². The van der Waals surface area contributed by atoms with E-state index in [-0.39, 0.29) is 5.54 Å². The maximum atomic E-state index is 3.95. The summed E-state index contributed by atoms with van der Waals surface area (Å²) in [5.41, 5.74) is 1.46. The van der Waals surface area contributed by atoms with E-state index in [4.69, 9.17) is 0 Å². The number of nitrogens with zero attached hydrogens (tertiary/aromatic N) is 1.